The fourth-order valence-electron chi connectivity index (χ4n) is 2.22. The van der Waals surface area contributed by atoms with Gasteiger partial charge in [0.1, 0.15) is 0 Å². The number of hydrogen-bond acceptors (Lipinski definition) is 5. The zero-order chi connectivity index (χ0) is 18.6. The minimum atomic E-state index is -0.0131. The molecule has 2 heterocycles. The molecule has 6 N–H and O–H groups in total. The van der Waals surface area contributed by atoms with Crippen LogP contribution in [-0.2, 0) is 24.2 Å². The molecule has 0 aliphatic rings. The molecule has 0 bridgehead atoms. The molecule has 0 saturated carbocycles. The van der Waals surface area contributed by atoms with Crippen molar-refractivity contribution in [3.05, 3.63) is 70.7 Å². The number of ether oxygens (including phenoxy) is 1. The lowest BCUT2D eigenvalue weighted by atomic mass is 10.2. The van der Waals surface area contributed by atoms with Gasteiger partial charge in [-0.3, -0.25) is 0 Å². The lowest BCUT2D eigenvalue weighted by Gasteiger charge is -2.11. The number of hydrogen-bond donors (Lipinski definition) is 4. The number of nitrogens with zero attached hydrogens (tertiary/aromatic N) is 2. The van der Waals surface area contributed by atoms with Crippen molar-refractivity contribution < 1.29 is 4.74 Å². The Morgan fingerprint density at radius 3 is 2.27 bits per heavy atom. The van der Waals surface area contributed by atoms with Crippen LogP contribution in [-0.4, -0.2) is 39.1 Å². The van der Waals surface area contributed by atoms with Gasteiger partial charge in [-0.25, -0.2) is 9.97 Å². The average Bonchev–Trinajstić information content (AvgIpc) is 3.32. The van der Waals surface area contributed by atoms with Crippen molar-refractivity contribution in [3.8, 4) is 0 Å². The van der Waals surface area contributed by atoms with E-state index in [-0.39, 0.29) is 6.04 Å². The third kappa shape index (κ3) is 7.92. The second kappa shape index (κ2) is 11.6. The molecule has 0 aliphatic carbocycles. The lowest BCUT2D eigenvalue weighted by molar-refractivity contribution is 0.107. The summed E-state index contributed by atoms with van der Waals surface area (Å²) in [5.74, 6) is 0. The monoisotopic (exact) mass is 420 g/mol. The summed E-state index contributed by atoms with van der Waals surface area (Å²) < 4.78 is 6.67. The maximum Gasteiger partial charge on any atom is 0.0921 e. The molecule has 2 aromatic heterocycles. The number of benzene rings is 1. The summed E-state index contributed by atoms with van der Waals surface area (Å²) in [7, 11) is 0. The maximum atomic E-state index is 5.97. The molecule has 0 aliphatic heterocycles. The SMILES string of the molecule is NCCc1cnc[nH]1.N[C@H](COCc1ccc(Br)cc1)Cc1cnc[nH]1. The second-order valence-electron chi connectivity index (χ2n) is 5.80. The summed E-state index contributed by atoms with van der Waals surface area (Å²) in [6.45, 7) is 1.81. The van der Waals surface area contributed by atoms with E-state index in [0.717, 1.165) is 34.3 Å². The molecule has 0 radical (unpaired) electrons. The summed E-state index contributed by atoms with van der Waals surface area (Å²) in [6.07, 6.45) is 8.53. The standard InChI is InChI=1S/C13H16BrN3O.C5H9N3/c14-11-3-1-10(2-4-11)7-18-8-12(15)5-13-6-16-9-17-13;6-2-1-5-3-7-4-8-5/h1-4,6,9,12H,5,7-8,15H2,(H,16,17);3-4H,1-2,6H2,(H,7,8)/t12-;/m0./s1. The third-order valence-corrected chi connectivity index (χ3v) is 4.05. The molecule has 140 valence electrons. The highest BCUT2D eigenvalue weighted by atomic mass is 79.9. The first-order chi connectivity index (χ1) is 12.7. The van der Waals surface area contributed by atoms with Crippen LogP contribution >= 0.6 is 15.9 Å². The van der Waals surface area contributed by atoms with Crippen molar-refractivity contribution in [3.63, 3.8) is 0 Å². The van der Waals surface area contributed by atoms with Gasteiger partial charge in [0, 0.05) is 47.1 Å². The molecule has 7 nitrogen and oxygen atoms in total. The molecular formula is C18H25BrN6O. The smallest absolute Gasteiger partial charge is 0.0921 e. The van der Waals surface area contributed by atoms with Gasteiger partial charge in [-0.15, -0.1) is 0 Å². The number of halogens is 1. The zero-order valence-corrected chi connectivity index (χ0v) is 16.2. The lowest BCUT2D eigenvalue weighted by Crippen LogP contribution is -2.28. The molecule has 0 unspecified atom stereocenters. The van der Waals surface area contributed by atoms with Gasteiger partial charge in [-0.2, -0.15) is 0 Å². The van der Waals surface area contributed by atoms with E-state index in [9.17, 15) is 0 Å². The summed E-state index contributed by atoms with van der Waals surface area (Å²) >= 11 is 3.40. The maximum absolute atomic E-state index is 5.97. The van der Waals surface area contributed by atoms with Crippen LogP contribution in [0.3, 0.4) is 0 Å². The van der Waals surface area contributed by atoms with E-state index < -0.39 is 0 Å². The van der Waals surface area contributed by atoms with Crippen molar-refractivity contribution in [1.29, 1.82) is 0 Å². The third-order valence-electron chi connectivity index (χ3n) is 3.52. The van der Waals surface area contributed by atoms with Gasteiger partial charge in [0.15, 0.2) is 0 Å². The predicted octanol–water partition coefficient (Wildman–Crippen LogP) is 2.17. The highest BCUT2D eigenvalue weighted by Crippen LogP contribution is 2.11. The highest BCUT2D eigenvalue weighted by Gasteiger charge is 2.05. The molecule has 1 aromatic carbocycles. The van der Waals surface area contributed by atoms with Crippen molar-refractivity contribution in [2.75, 3.05) is 13.2 Å². The van der Waals surface area contributed by atoms with Crippen LogP contribution in [0.2, 0.25) is 0 Å². The molecule has 0 amide bonds. The van der Waals surface area contributed by atoms with E-state index in [1.54, 1.807) is 25.0 Å². The number of aromatic amines is 2. The van der Waals surface area contributed by atoms with Crippen molar-refractivity contribution in [1.82, 2.24) is 19.9 Å². The van der Waals surface area contributed by atoms with Crippen LogP contribution in [0.5, 0.6) is 0 Å². The van der Waals surface area contributed by atoms with Gasteiger partial charge in [0.2, 0.25) is 0 Å². The summed E-state index contributed by atoms with van der Waals surface area (Å²) in [5, 5.41) is 0. The van der Waals surface area contributed by atoms with E-state index in [0.29, 0.717) is 19.8 Å². The van der Waals surface area contributed by atoms with Crippen LogP contribution in [0.15, 0.2) is 53.8 Å². The van der Waals surface area contributed by atoms with Gasteiger partial charge < -0.3 is 26.2 Å². The fraction of sp³-hybridized carbons (Fsp3) is 0.333. The number of imidazole rings is 2. The van der Waals surface area contributed by atoms with Crippen LogP contribution in [0.1, 0.15) is 17.0 Å². The molecule has 8 heteroatoms. The first kappa shape index (κ1) is 20.3. The average molecular weight is 421 g/mol. The minimum absolute atomic E-state index is 0.0131. The van der Waals surface area contributed by atoms with E-state index in [1.807, 2.05) is 24.3 Å². The number of nitrogens with one attached hydrogen (secondary N) is 2. The van der Waals surface area contributed by atoms with Crippen molar-refractivity contribution in [2.24, 2.45) is 11.5 Å². The van der Waals surface area contributed by atoms with E-state index >= 15 is 0 Å². The Morgan fingerprint density at radius 2 is 1.69 bits per heavy atom. The Morgan fingerprint density at radius 1 is 1.04 bits per heavy atom. The van der Waals surface area contributed by atoms with Gasteiger partial charge in [-0.05, 0) is 24.2 Å². The molecule has 0 fully saturated rings. The van der Waals surface area contributed by atoms with E-state index in [2.05, 4.69) is 35.9 Å². The quantitative estimate of drug-likeness (QED) is 0.445. The van der Waals surface area contributed by atoms with E-state index in [4.69, 9.17) is 16.2 Å². The Hall–Kier alpha value is -2.00. The van der Waals surface area contributed by atoms with Crippen LogP contribution in [0.25, 0.3) is 0 Å². The molecular weight excluding hydrogens is 396 g/mol. The summed E-state index contributed by atoms with van der Waals surface area (Å²) in [5.41, 5.74) is 14.5. The Bertz CT molecular complexity index is 700. The Balaban J connectivity index is 0.000000254. The van der Waals surface area contributed by atoms with Gasteiger partial charge in [0.25, 0.3) is 0 Å². The largest absolute Gasteiger partial charge is 0.375 e. The number of nitrogens with two attached hydrogens (primary N) is 2. The van der Waals surface area contributed by atoms with Gasteiger partial charge in [-0.1, -0.05) is 28.1 Å². The molecule has 26 heavy (non-hydrogen) atoms. The summed E-state index contributed by atoms with van der Waals surface area (Å²) in [6, 6.07) is 8.06. The molecule has 3 aromatic rings. The zero-order valence-electron chi connectivity index (χ0n) is 14.6. The van der Waals surface area contributed by atoms with E-state index in [1.165, 1.54) is 0 Å². The first-order valence-corrected chi connectivity index (χ1v) is 9.19. The van der Waals surface area contributed by atoms with Crippen LogP contribution in [0.4, 0.5) is 0 Å². The van der Waals surface area contributed by atoms with Crippen LogP contribution in [0, 0.1) is 0 Å². The topological polar surface area (TPSA) is 119 Å². The van der Waals surface area contributed by atoms with Gasteiger partial charge >= 0.3 is 0 Å². The second-order valence-corrected chi connectivity index (χ2v) is 6.71. The minimum Gasteiger partial charge on any atom is -0.375 e. The molecule has 3 rings (SSSR count). The molecule has 1 atom stereocenters. The number of H-pyrrole nitrogens is 2. The normalized spacial score (nSPS) is 11.7. The predicted molar refractivity (Wildman–Crippen MR) is 105 cm³/mol. The van der Waals surface area contributed by atoms with Crippen molar-refractivity contribution in [2.45, 2.75) is 25.5 Å². The Kier molecular flexibility index (Phi) is 9.05. The number of rotatable bonds is 8. The van der Waals surface area contributed by atoms with Gasteiger partial charge in [0.05, 0.1) is 25.9 Å². The Labute approximate surface area is 161 Å². The number of aromatic nitrogens is 4. The van der Waals surface area contributed by atoms with Crippen molar-refractivity contribution >= 4 is 15.9 Å². The summed E-state index contributed by atoms with van der Waals surface area (Å²) in [4.78, 5) is 13.8. The van der Waals surface area contributed by atoms with Crippen LogP contribution < -0.4 is 11.5 Å². The first-order valence-electron chi connectivity index (χ1n) is 8.39. The fourth-order valence-corrected chi connectivity index (χ4v) is 2.49. The highest BCUT2D eigenvalue weighted by molar-refractivity contribution is 9.10. The molecule has 0 spiro atoms. The molecule has 0 saturated heterocycles.